The Morgan fingerprint density at radius 3 is 0.950 bits per heavy atom. The number of rotatable bonds is 2. The Hall–Kier alpha value is 1.38. The first-order valence-electron chi connectivity index (χ1n) is 8.59. The predicted molar refractivity (Wildman–Crippen MR) is 99.9 cm³/mol. The van der Waals surface area contributed by atoms with E-state index in [0.29, 0.717) is 0 Å². The van der Waals surface area contributed by atoms with Crippen molar-refractivity contribution in [2.75, 3.05) is 0 Å². The van der Waals surface area contributed by atoms with Gasteiger partial charge < -0.3 is 0 Å². The second kappa shape index (κ2) is 8.86. The van der Waals surface area contributed by atoms with Gasteiger partial charge in [-0.25, -0.2) is 0 Å². The Kier molecular flexibility index (Phi) is 8.61. The van der Waals surface area contributed by atoms with E-state index in [1.165, 1.54) is 64.2 Å². The van der Waals surface area contributed by atoms with E-state index in [9.17, 15) is 0 Å². The molecule has 2 heteroatoms. The second-order valence-electron chi connectivity index (χ2n) is 8.25. The van der Waals surface area contributed by atoms with Crippen LogP contribution in [-0.2, 0) is 0 Å². The van der Waals surface area contributed by atoms with E-state index < -0.39 is 37.6 Å². The van der Waals surface area contributed by atoms with E-state index in [0.717, 1.165) is 0 Å². The summed E-state index contributed by atoms with van der Waals surface area (Å²) >= 11 is -3.57. The summed E-state index contributed by atoms with van der Waals surface area (Å²) in [5.74, 6) is 0. The van der Waals surface area contributed by atoms with Crippen LogP contribution in [0.15, 0.2) is 7.04 Å². The van der Waals surface area contributed by atoms with Crippen molar-refractivity contribution in [2.24, 2.45) is 0 Å². The molecule has 0 bridgehead atoms. The molecular formula is C18H38Sb2. The molecule has 0 saturated carbocycles. The van der Waals surface area contributed by atoms with Crippen molar-refractivity contribution in [1.29, 1.82) is 0 Å². The summed E-state index contributed by atoms with van der Waals surface area (Å²) < 4.78 is 4.12. The molecule has 0 unspecified atom stereocenters. The van der Waals surface area contributed by atoms with Gasteiger partial charge >= 0.3 is 138 Å². The van der Waals surface area contributed by atoms with Crippen LogP contribution in [-0.4, -0.2) is 37.6 Å². The van der Waals surface area contributed by atoms with E-state index in [1.54, 1.807) is 0 Å². The van der Waals surface area contributed by atoms with Crippen LogP contribution in [0.4, 0.5) is 0 Å². The summed E-state index contributed by atoms with van der Waals surface area (Å²) in [5, 5.41) is 0. The molecule has 0 aliphatic heterocycles. The normalized spacial score (nSPS) is 24.9. The molecule has 2 radical (unpaired) electrons. The SMILES string of the molecule is [CH3][Sb]([CH3])([CH3])/[C]1=[C](\[Sb]([CH3])([CH3])[CH3])CCCCCCCCCC1. The fourth-order valence-corrected chi connectivity index (χ4v) is 24.7. The zero-order valence-corrected chi connectivity index (χ0v) is 20.1. The quantitative estimate of drug-likeness (QED) is 0.362. The molecule has 1 aliphatic carbocycles. The zero-order chi connectivity index (χ0) is 15.2. The Morgan fingerprint density at radius 2 is 0.700 bits per heavy atom. The second-order valence-corrected chi connectivity index (χ2v) is 34.3. The van der Waals surface area contributed by atoms with E-state index >= 15 is 0 Å². The summed E-state index contributed by atoms with van der Waals surface area (Å²) in [4.78, 5) is 15.9. The molecule has 0 aromatic heterocycles. The molecule has 20 heavy (non-hydrogen) atoms. The molecular weight excluding hydrogens is 460 g/mol. The van der Waals surface area contributed by atoms with Gasteiger partial charge in [0.15, 0.2) is 0 Å². The number of hydrogen-bond acceptors (Lipinski definition) is 0. The zero-order valence-electron chi connectivity index (χ0n) is 15.0. The van der Waals surface area contributed by atoms with Crippen molar-refractivity contribution in [3.05, 3.63) is 7.04 Å². The molecule has 0 aromatic carbocycles. The van der Waals surface area contributed by atoms with Crippen LogP contribution in [0.25, 0.3) is 0 Å². The molecule has 1 rings (SSSR count). The van der Waals surface area contributed by atoms with Crippen LogP contribution < -0.4 is 0 Å². The standard InChI is InChI=1S/C12H20.6CH3.2Sb/c1-2-4-6-8-10-12-11-9-7-5-3-1;;;;;;;;/h1-10H2;6*1H3;;. The van der Waals surface area contributed by atoms with Gasteiger partial charge in [0.25, 0.3) is 0 Å². The first-order valence-corrected chi connectivity index (χ1v) is 26.5. The van der Waals surface area contributed by atoms with E-state index in [2.05, 4.69) is 36.3 Å². The van der Waals surface area contributed by atoms with E-state index in [-0.39, 0.29) is 0 Å². The maximum atomic E-state index is 2.65. The first-order chi connectivity index (χ1) is 9.23. The van der Waals surface area contributed by atoms with Gasteiger partial charge in [-0.3, -0.25) is 0 Å². The number of allylic oxidation sites excluding steroid dienone is 2. The summed E-state index contributed by atoms with van der Waals surface area (Å²) in [6.07, 6.45) is 14.8. The third kappa shape index (κ3) is 7.09. The molecule has 0 aromatic rings. The van der Waals surface area contributed by atoms with Crippen molar-refractivity contribution in [3.8, 4) is 0 Å². The molecule has 0 heterocycles. The molecule has 0 N–H and O–H groups in total. The van der Waals surface area contributed by atoms with Crippen molar-refractivity contribution < 1.29 is 0 Å². The fraction of sp³-hybridized carbons (Fsp3) is 0.889. The minimum atomic E-state index is -1.79. The topological polar surface area (TPSA) is 0 Å². The van der Waals surface area contributed by atoms with Gasteiger partial charge in [-0.15, -0.1) is 0 Å². The van der Waals surface area contributed by atoms with Gasteiger partial charge in [0, 0.05) is 0 Å². The summed E-state index contributed by atoms with van der Waals surface area (Å²) in [5.41, 5.74) is 0. The summed E-state index contributed by atoms with van der Waals surface area (Å²) in [6, 6.07) is 0. The third-order valence-electron chi connectivity index (χ3n) is 4.53. The van der Waals surface area contributed by atoms with Gasteiger partial charge in [0.2, 0.25) is 0 Å². The van der Waals surface area contributed by atoms with E-state index in [1.807, 2.05) is 0 Å². The molecule has 0 atom stereocenters. The Balaban J connectivity index is 3.01. The van der Waals surface area contributed by atoms with E-state index in [4.69, 9.17) is 0 Å². The Labute approximate surface area is 137 Å². The van der Waals surface area contributed by atoms with Crippen molar-refractivity contribution in [2.45, 2.75) is 93.4 Å². The van der Waals surface area contributed by atoms with Gasteiger partial charge in [0.05, 0.1) is 0 Å². The summed E-state index contributed by atoms with van der Waals surface area (Å²) in [7, 11) is 0. The van der Waals surface area contributed by atoms with Crippen LogP contribution in [0.1, 0.15) is 64.2 Å². The van der Waals surface area contributed by atoms with Crippen LogP contribution in [0.3, 0.4) is 0 Å². The van der Waals surface area contributed by atoms with Crippen LogP contribution in [0, 0.1) is 0 Å². The van der Waals surface area contributed by atoms with Gasteiger partial charge in [-0.05, 0) is 0 Å². The molecule has 120 valence electrons. The molecule has 0 spiro atoms. The Bertz CT molecular complexity index is 283. The maximum absolute atomic E-state index is 2.65. The van der Waals surface area contributed by atoms with Crippen LogP contribution in [0.2, 0.25) is 29.2 Å². The van der Waals surface area contributed by atoms with Crippen LogP contribution >= 0.6 is 0 Å². The monoisotopic (exact) mass is 496 g/mol. The molecule has 0 fully saturated rings. The molecule has 0 nitrogen and oxygen atoms in total. The Morgan fingerprint density at radius 1 is 0.450 bits per heavy atom. The molecule has 0 saturated heterocycles. The fourth-order valence-electron chi connectivity index (χ4n) is 3.38. The van der Waals surface area contributed by atoms with Gasteiger partial charge in [-0.1, -0.05) is 0 Å². The predicted octanol–water partition coefficient (Wildman–Crippen LogP) is 6.95. The van der Waals surface area contributed by atoms with Gasteiger partial charge in [0.1, 0.15) is 0 Å². The third-order valence-corrected chi connectivity index (χ3v) is 18.2. The summed E-state index contributed by atoms with van der Waals surface area (Å²) in [6.45, 7) is 0. The average Bonchev–Trinajstić information content (AvgIpc) is 2.26. The van der Waals surface area contributed by atoms with Crippen LogP contribution in [0.5, 0.6) is 0 Å². The van der Waals surface area contributed by atoms with Crippen molar-refractivity contribution in [1.82, 2.24) is 0 Å². The molecule has 1 aliphatic rings. The average molecular weight is 498 g/mol. The number of hydrogen-bond donors (Lipinski definition) is 0. The van der Waals surface area contributed by atoms with Gasteiger partial charge in [-0.2, -0.15) is 0 Å². The minimum absolute atomic E-state index is 1.47. The molecule has 0 amide bonds. The van der Waals surface area contributed by atoms with Crippen molar-refractivity contribution in [3.63, 3.8) is 0 Å². The van der Waals surface area contributed by atoms with Crippen molar-refractivity contribution >= 4 is 37.6 Å². The first kappa shape index (κ1) is 19.4.